The third kappa shape index (κ3) is 5.15. The SMILES string of the molecule is CCCCc1cc(CC)nc(NN=C(C)c2ccc(CC)cc2)n1. The van der Waals surface area contributed by atoms with E-state index in [2.05, 4.69) is 71.6 Å². The molecular weight excluding hydrogens is 296 g/mol. The number of nitrogens with zero attached hydrogens (tertiary/aromatic N) is 3. The van der Waals surface area contributed by atoms with E-state index in [1.165, 1.54) is 12.0 Å². The third-order valence-electron chi connectivity index (χ3n) is 4.08. The molecule has 4 nitrogen and oxygen atoms in total. The molecule has 0 fully saturated rings. The fourth-order valence-electron chi connectivity index (χ4n) is 2.45. The molecule has 1 N–H and O–H groups in total. The number of hydrogen-bond donors (Lipinski definition) is 1. The van der Waals surface area contributed by atoms with Gasteiger partial charge in [0.25, 0.3) is 0 Å². The number of rotatable bonds is 8. The molecule has 0 spiro atoms. The average molecular weight is 324 g/mol. The lowest BCUT2D eigenvalue weighted by molar-refractivity contribution is 0.769. The number of hydrogen-bond acceptors (Lipinski definition) is 4. The summed E-state index contributed by atoms with van der Waals surface area (Å²) in [4.78, 5) is 9.11. The lowest BCUT2D eigenvalue weighted by Gasteiger charge is -2.07. The largest absolute Gasteiger partial charge is 0.245 e. The lowest BCUT2D eigenvalue weighted by Crippen LogP contribution is -2.06. The van der Waals surface area contributed by atoms with Gasteiger partial charge in [0, 0.05) is 11.4 Å². The Kier molecular flexibility index (Phi) is 6.91. The Morgan fingerprint density at radius 1 is 1.00 bits per heavy atom. The van der Waals surface area contributed by atoms with Crippen molar-refractivity contribution in [2.24, 2.45) is 5.10 Å². The van der Waals surface area contributed by atoms with Crippen LogP contribution in [0.3, 0.4) is 0 Å². The van der Waals surface area contributed by atoms with E-state index in [-0.39, 0.29) is 0 Å². The van der Waals surface area contributed by atoms with E-state index in [9.17, 15) is 0 Å². The Bertz CT molecular complexity index is 675. The molecule has 0 aliphatic carbocycles. The van der Waals surface area contributed by atoms with Gasteiger partial charge in [-0.15, -0.1) is 0 Å². The first-order valence-corrected chi connectivity index (χ1v) is 8.92. The first kappa shape index (κ1) is 18.1. The molecule has 4 heteroatoms. The van der Waals surface area contributed by atoms with Gasteiger partial charge in [-0.3, -0.25) is 0 Å². The van der Waals surface area contributed by atoms with Crippen LogP contribution in [0.15, 0.2) is 35.4 Å². The summed E-state index contributed by atoms with van der Waals surface area (Å²) in [6.07, 6.45) is 5.25. The van der Waals surface area contributed by atoms with Crippen LogP contribution in [0.25, 0.3) is 0 Å². The predicted octanol–water partition coefficient (Wildman–Crippen LogP) is 4.78. The fourth-order valence-corrected chi connectivity index (χ4v) is 2.45. The monoisotopic (exact) mass is 324 g/mol. The summed E-state index contributed by atoms with van der Waals surface area (Å²) in [6.45, 7) is 8.46. The van der Waals surface area contributed by atoms with Gasteiger partial charge in [0.15, 0.2) is 0 Å². The second-order valence-electron chi connectivity index (χ2n) is 5.99. The van der Waals surface area contributed by atoms with Gasteiger partial charge in [-0.25, -0.2) is 15.4 Å². The highest BCUT2D eigenvalue weighted by Gasteiger charge is 2.04. The number of aromatic nitrogens is 2. The fraction of sp³-hybridized carbons (Fsp3) is 0.450. The lowest BCUT2D eigenvalue weighted by atomic mass is 10.1. The normalized spacial score (nSPS) is 11.6. The van der Waals surface area contributed by atoms with E-state index in [1.54, 1.807) is 0 Å². The van der Waals surface area contributed by atoms with Crippen LogP contribution in [0.2, 0.25) is 0 Å². The number of nitrogens with one attached hydrogen (secondary N) is 1. The molecule has 0 aliphatic rings. The number of anilines is 1. The first-order valence-electron chi connectivity index (χ1n) is 8.92. The van der Waals surface area contributed by atoms with Crippen molar-refractivity contribution < 1.29 is 0 Å². The summed E-state index contributed by atoms with van der Waals surface area (Å²) >= 11 is 0. The van der Waals surface area contributed by atoms with Gasteiger partial charge < -0.3 is 0 Å². The third-order valence-corrected chi connectivity index (χ3v) is 4.08. The molecule has 1 aromatic carbocycles. The molecule has 0 bridgehead atoms. The van der Waals surface area contributed by atoms with Crippen molar-refractivity contribution in [3.05, 3.63) is 52.8 Å². The topological polar surface area (TPSA) is 50.2 Å². The zero-order valence-electron chi connectivity index (χ0n) is 15.3. The smallest absolute Gasteiger partial charge is 0.243 e. The second-order valence-corrected chi connectivity index (χ2v) is 5.99. The summed E-state index contributed by atoms with van der Waals surface area (Å²) in [5.41, 5.74) is 8.54. The van der Waals surface area contributed by atoms with Crippen LogP contribution in [0.4, 0.5) is 5.95 Å². The molecule has 1 heterocycles. The zero-order valence-corrected chi connectivity index (χ0v) is 15.3. The van der Waals surface area contributed by atoms with Gasteiger partial charge in [0.2, 0.25) is 5.95 Å². The van der Waals surface area contributed by atoms with E-state index >= 15 is 0 Å². The van der Waals surface area contributed by atoms with Crippen molar-refractivity contribution in [1.29, 1.82) is 0 Å². The molecule has 0 saturated carbocycles. The predicted molar refractivity (Wildman–Crippen MR) is 102 cm³/mol. The standard InChI is InChI=1S/C20H28N4/c1-5-8-9-19-14-18(7-3)21-20(22-19)24-23-15(4)17-12-10-16(6-2)11-13-17/h10-14H,5-9H2,1-4H3,(H,21,22,24). The molecule has 2 aromatic rings. The highest BCUT2D eigenvalue weighted by molar-refractivity contribution is 5.99. The van der Waals surface area contributed by atoms with E-state index in [1.807, 2.05) is 6.92 Å². The molecule has 0 unspecified atom stereocenters. The maximum Gasteiger partial charge on any atom is 0.243 e. The van der Waals surface area contributed by atoms with Crippen LogP contribution in [0, 0.1) is 0 Å². The molecule has 1 aromatic heterocycles. The van der Waals surface area contributed by atoms with E-state index in [0.717, 1.165) is 48.3 Å². The van der Waals surface area contributed by atoms with Crippen molar-refractivity contribution in [3.8, 4) is 0 Å². The average Bonchev–Trinajstić information content (AvgIpc) is 2.64. The highest BCUT2D eigenvalue weighted by atomic mass is 15.4. The molecular formula is C20H28N4. The van der Waals surface area contributed by atoms with E-state index in [4.69, 9.17) is 0 Å². The summed E-state index contributed by atoms with van der Waals surface area (Å²) in [5.74, 6) is 0.588. The van der Waals surface area contributed by atoms with Crippen LogP contribution in [-0.2, 0) is 19.3 Å². The first-order chi connectivity index (χ1) is 11.7. The van der Waals surface area contributed by atoms with Gasteiger partial charge in [-0.2, -0.15) is 5.10 Å². The Hall–Kier alpha value is -2.23. The summed E-state index contributed by atoms with van der Waals surface area (Å²) in [6, 6.07) is 10.6. The van der Waals surface area contributed by atoms with Crippen molar-refractivity contribution in [2.45, 2.75) is 59.8 Å². The molecule has 128 valence electrons. The molecule has 2 rings (SSSR count). The Balaban J connectivity index is 2.13. The van der Waals surface area contributed by atoms with Crippen LogP contribution in [-0.4, -0.2) is 15.7 Å². The quantitative estimate of drug-likeness (QED) is 0.561. The van der Waals surface area contributed by atoms with Crippen LogP contribution < -0.4 is 5.43 Å². The molecule has 0 amide bonds. The van der Waals surface area contributed by atoms with Gasteiger partial charge in [-0.1, -0.05) is 51.5 Å². The molecule has 0 aliphatic heterocycles. The Morgan fingerprint density at radius 2 is 1.71 bits per heavy atom. The van der Waals surface area contributed by atoms with Gasteiger partial charge in [0.1, 0.15) is 0 Å². The molecule has 0 atom stereocenters. The molecule has 0 saturated heterocycles. The maximum absolute atomic E-state index is 4.58. The zero-order chi connectivity index (χ0) is 17.4. The van der Waals surface area contributed by atoms with Crippen LogP contribution >= 0.6 is 0 Å². The minimum Gasteiger partial charge on any atom is -0.245 e. The van der Waals surface area contributed by atoms with E-state index < -0.39 is 0 Å². The minimum absolute atomic E-state index is 0.588. The molecule has 0 radical (unpaired) electrons. The maximum atomic E-state index is 4.58. The minimum atomic E-state index is 0.588. The van der Waals surface area contributed by atoms with Crippen molar-refractivity contribution in [3.63, 3.8) is 0 Å². The summed E-state index contributed by atoms with van der Waals surface area (Å²) in [5, 5.41) is 4.46. The van der Waals surface area contributed by atoms with Gasteiger partial charge in [-0.05, 0) is 49.8 Å². The summed E-state index contributed by atoms with van der Waals surface area (Å²) < 4.78 is 0. The number of unbranched alkanes of at least 4 members (excludes halogenated alkanes) is 1. The van der Waals surface area contributed by atoms with Gasteiger partial charge in [0.05, 0.1) is 5.71 Å². The number of aryl methyl sites for hydroxylation is 3. The van der Waals surface area contributed by atoms with Crippen LogP contribution in [0.1, 0.15) is 63.1 Å². The highest BCUT2D eigenvalue weighted by Crippen LogP contribution is 2.11. The van der Waals surface area contributed by atoms with Crippen molar-refractivity contribution >= 4 is 11.7 Å². The van der Waals surface area contributed by atoms with E-state index in [0.29, 0.717) is 5.95 Å². The Labute approximate surface area is 145 Å². The van der Waals surface area contributed by atoms with Crippen molar-refractivity contribution in [2.75, 3.05) is 5.43 Å². The number of benzene rings is 1. The number of hydrazone groups is 1. The van der Waals surface area contributed by atoms with Crippen LogP contribution in [0.5, 0.6) is 0 Å². The second kappa shape index (κ2) is 9.16. The van der Waals surface area contributed by atoms with Crippen molar-refractivity contribution in [1.82, 2.24) is 9.97 Å². The Morgan fingerprint density at radius 3 is 2.33 bits per heavy atom. The molecule has 24 heavy (non-hydrogen) atoms. The van der Waals surface area contributed by atoms with Gasteiger partial charge >= 0.3 is 0 Å². The summed E-state index contributed by atoms with van der Waals surface area (Å²) in [7, 11) is 0.